The average molecular weight is 336 g/mol. The van der Waals surface area contributed by atoms with Crippen molar-refractivity contribution in [3.05, 3.63) is 48.6 Å². The van der Waals surface area contributed by atoms with Crippen LogP contribution < -0.4 is 0 Å². The Hall–Kier alpha value is -0.429. The monoisotopic (exact) mass is 335 g/mol. The molecule has 0 aliphatic carbocycles. The molecule has 1 aromatic rings. The van der Waals surface area contributed by atoms with Gasteiger partial charge in [-0.1, -0.05) is 88.8 Å². The van der Waals surface area contributed by atoms with E-state index in [9.17, 15) is 0 Å². The highest BCUT2D eigenvalue weighted by Crippen LogP contribution is 2.37. The molecule has 1 rings (SSSR count). The van der Waals surface area contributed by atoms with Crippen LogP contribution in [0.4, 0.5) is 0 Å². The van der Waals surface area contributed by atoms with Gasteiger partial charge in [0.25, 0.3) is 0 Å². The Kier molecular flexibility index (Phi) is 5.64. The maximum atomic E-state index is 4.19. The third-order valence-corrected chi connectivity index (χ3v) is 21.5. The Morgan fingerprint density at radius 3 is 1.62 bits per heavy atom. The summed E-state index contributed by atoms with van der Waals surface area (Å²) in [7, 11) is -4.36. The largest absolute Gasteiger partial charge is 0.368 e. The molecule has 4 heteroatoms. The van der Waals surface area contributed by atoms with Crippen LogP contribution in [0.5, 0.6) is 0 Å². The van der Waals surface area contributed by atoms with Gasteiger partial charge in [-0.3, -0.25) is 0 Å². The van der Waals surface area contributed by atoms with Gasteiger partial charge in [0.15, 0.2) is 0 Å². The van der Waals surface area contributed by atoms with Crippen molar-refractivity contribution in [3.63, 3.8) is 0 Å². The molecule has 0 N–H and O–H groups in total. The molecular weight excluding hydrogens is 302 g/mol. The lowest BCUT2D eigenvalue weighted by Crippen LogP contribution is -2.71. The van der Waals surface area contributed by atoms with E-state index in [1.54, 1.807) is 0 Å². The van der Waals surface area contributed by atoms with Gasteiger partial charge < -0.3 is 3.90 Å². The van der Waals surface area contributed by atoms with Crippen molar-refractivity contribution in [2.75, 3.05) is 0 Å². The predicted octanol–water partition coefficient (Wildman–Crippen LogP) is 5.67. The molecule has 0 saturated heterocycles. The lowest BCUT2D eigenvalue weighted by molar-refractivity contribution is 0.851. The number of rotatable bonds is 6. The number of allylic oxidation sites excluding steroid dienone is 1. The Labute approximate surface area is 135 Å². The van der Waals surface area contributed by atoms with Gasteiger partial charge in [-0.2, -0.15) is 0 Å². The molecule has 1 atom stereocenters. The van der Waals surface area contributed by atoms with E-state index >= 15 is 0 Å². The number of nitrogens with zero attached hydrogens (tertiary/aromatic N) is 1. The Bertz CT molecular complexity index is 455. The maximum absolute atomic E-state index is 4.19. The van der Waals surface area contributed by atoms with Gasteiger partial charge in [0.05, 0.1) is 0 Å². The standard InChI is InChI=1S/C17H33NSi3/c1-10-17(16-14-12-11-13-15-16)21(8,9)18(19(2,3)4)20(5,6)7/h10-15,17H,1H2,2-9H3. The van der Waals surface area contributed by atoms with Crippen molar-refractivity contribution in [1.82, 2.24) is 3.90 Å². The van der Waals surface area contributed by atoms with Gasteiger partial charge in [0.2, 0.25) is 0 Å². The third kappa shape index (κ3) is 4.28. The zero-order valence-electron chi connectivity index (χ0n) is 15.2. The topological polar surface area (TPSA) is 3.24 Å². The summed E-state index contributed by atoms with van der Waals surface area (Å²) in [6.07, 6.45) is 2.20. The fourth-order valence-electron chi connectivity index (χ4n) is 4.37. The summed E-state index contributed by atoms with van der Waals surface area (Å²) in [6, 6.07) is 11.0. The minimum Gasteiger partial charge on any atom is -0.368 e. The quantitative estimate of drug-likeness (QED) is 0.478. The molecular formula is C17H33NSi3. The number of hydrogen-bond acceptors (Lipinski definition) is 1. The van der Waals surface area contributed by atoms with E-state index in [1.807, 2.05) is 0 Å². The summed E-state index contributed by atoms with van der Waals surface area (Å²) in [5.74, 6) is 0. The fraction of sp³-hybridized carbons (Fsp3) is 0.529. The van der Waals surface area contributed by atoms with Gasteiger partial charge in [-0.25, -0.2) is 0 Å². The SMILES string of the molecule is C=CC(c1ccccc1)[Si](C)(C)N([Si](C)(C)C)[Si](C)(C)C. The van der Waals surface area contributed by atoms with Gasteiger partial charge in [0, 0.05) is 5.54 Å². The van der Waals surface area contributed by atoms with E-state index in [1.165, 1.54) is 5.56 Å². The van der Waals surface area contributed by atoms with Gasteiger partial charge >= 0.3 is 0 Å². The highest BCUT2D eigenvalue weighted by molar-refractivity contribution is 7.04. The van der Waals surface area contributed by atoms with Gasteiger partial charge in [0.1, 0.15) is 24.7 Å². The second-order valence-electron chi connectivity index (χ2n) is 8.45. The first-order chi connectivity index (χ1) is 9.42. The van der Waals surface area contributed by atoms with Crippen LogP contribution in [-0.4, -0.2) is 28.6 Å². The maximum Gasteiger partial charge on any atom is 0.120 e. The third-order valence-electron chi connectivity index (χ3n) is 4.07. The molecule has 21 heavy (non-hydrogen) atoms. The second-order valence-corrected chi connectivity index (χ2v) is 23.8. The normalized spacial score (nSPS) is 15.1. The van der Waals surface area contributed by atoms with Crippen LogP contribution in [0.2, 0.25) is 52.4 Å². The lowest BCUT2D eigenvalue weighted by atomic mass is 10.1. The molecule has 0 spiro atoms. The Morgan fingerprint density at radius 1 is 0.857 bits per heavy atom. The predicted molar refractivity (Wildman–Crippen MR) is 105 cm³/mol. The number of hydrogen-bond donors (Lipinski definition) is 0. The highest BCUT2D eigenvalue weighted by atomic mass is 28.5. The molecule has 0 radical (unpaired) electrons. The summed E-state index contributed by atoms with van der Waals surface area (Å²) < 4.78 is 3.03. The molecule has 0 bridgehead atoms. The average Bonchev–Trinajstić information content (AvgIpc) is 2.25. The molecule has 0 aliphatic rings. The fourth-order valence-corrected chi connectivity index (χ4v) is 28.9. The number of benzene rings is 1. The second kappa shape index (κ2) is 6.36. The van der Waals surface area contributed by atoms with Gasteiger partial charge in [-0.15, -0.1) is 6.58 Å². The molecule has 0 fully saturated rings. The van der Waals surface area contributed by atoms with Crippen molar-refractivity contribution in [3.8, 4) is 0 Å². The van der Waals surface area contributed by atoms with Crippen LogP contribution in [0, 0.1) is 0 Å². The molecule has 1 nitrogen and oxygen atoms in total. The first-order valence-corrected chi connectivity index (χ1v) is 17.8. The van der Waals surface area contributed by atoms with Crippen molar-refractivity contribution in [2.24, 2.45) is 0 Å². The molecule has 0 heterocycles. The lowest BCUT2D eigenvalue weighted by Gasteiger charge is -2.55. The van der Waals surface area contributed by atoms with E-state index in [0.717, 1.165) is 0 Å². The van der Waals surface area contributed by atoms with E-state index in [-0.39, 0.29) is 0 Å². The first-order valence-electron chi connectivity index (χ1n) is 7.90. The molecule has 1 unspecified atom stereocenters. The van der Waals surface area contributed by atoms with Crippen molar-refractivity contribution in [1.29, 1.82) is 0 Å². The zero-order valence-corrected chi connectivity index (χ0v) is 18.2. The first kappa shape index (κ1) is 18.6. The van der Waals surface area contributed by atoms with Crippen molar-refractivity contribution in [2.45, 2.75) is 57.9 Å². The van der Waals surface area contributed by atoms with E-state index in [0.29, 0.717) is 5.54 Å². The highest BCUT2D eigenvalue weighted by Gasteiger charge is 2.48. The smallest absolute Gasteiger partial charge is 0.120 e. The molecule has 0 saturated carbocycles. The van der Waals surface area contributed by atoms with Crippen LogP contribution in [-0.2, 0) is 0 Å². The van der Waals surface area contributed by atoms with Crippen molar-refractivity contribution >= 4 is 24.7 Å². The summed E-state index contributed by atoms with van der Waals surface area (Å²) >= 11 is 0. The molecule has 0 amide bonds. The van der Waals surface area contributed by atoms with Crippen LogP contribution in [0.25, 0.3) is 0 Å². The minimum absolute atomic E-state index is 0.497. The zero-order chi connectivity index (χ0) is 16.5. The molecule has 0 aliphatic heterocycles. The van der Waals surface area contributed by atoms with E-state index in [4.69, 9.17) is 0 Å². The minimum atomic E-state index is -1.64. The summed E-state index contributed by atoms with van der Waals surface area (Å²) in [4.78, 5) is 0. The summed E-state index contributed by atoms with van der Waals surface area (Å²) in [6.45, 7) is 24.3. The van der Waals surface area contributed by atoms with Crippen LogP contribution in [0.1, 0.15) is 11.1 Å². The van der Waals surface area contributed by atoms with Gasteiger partial charge in [-0.05, 0) is 5.56 Å². The van der Waals surface area contributed by atoms with Crippen molar-refractivity contribution < 1.29 is 0 Å². The van der Waals surface area contributed by atoms with E-state index in [2.05, 4.69) is 99.3 Å². The van der Waals surface area contributed by atoms with E-state index < -0.39 is 24.7 Å². The van der Waals surface area contributed by atoms with Crippen LogP contribution in [0.15, 0.2) is 43.0 Å². The molecule has 1 aromatic carbocycles. The molecule has 118 valence electrons. The summed E-state index contributed by atoms with van der Waals surface area (Å²) in [5.41, 5.74) is 1.93. The Morgan fingerprint density at radius 2 is 1.29 bits per heavy atom. The van der Waals surface area contributed by atoms with Crippen LogP contribution in [0.3, 0.4) is 0 Å². The molecule has 0 aromatic heterocycles. The van der Waals surface area contributed by atoms with Crippen LogP contribution >= 0.6 is 0 Å². The summed E-state index contributed by atoms with van der Waals surface area (Å²) in [5, 5.41) is 0. The Balaban J connectivity index is 3.36.